The summed E-state index contributed by atoms with van der Waals surface area (Å²) in [6.45, 7) is 7.74. The number of rotatable bonds is 9. The van der Waals surface area contributed by atoms with Gasteiger partial charge in [0.15, 0.2) is 0 Å². The van der Waals surface area contributed by atoms with Crippen LogP contribution in [0.15, 0.2) is 0 Å². The molecule has 0 heterocycles. The van der Waals surface area contributed by atoms with Crippen molar-refractivity contribution in [3.8, 4) is 0 Å². The first-order valence-corrected chi connectivity index (χ1v) is 8.87. The van der Waals surface area contributed by atoms with E-state index in [4.69, 9.17) is 18.1 Å². The summed E-state index contributed by atoms with van der Waals surface area (Å²) < 4.78 is 32.5. The first-order chi connectivity index (χ1) is 7.95. The molecule has 17 heavy (non-hydrogen) atoms. The highest BCUT2D eigenvalue weighted by atomic mass is 31.2. The summed E-state index contributed by atoms with van der Waals surface area (Å²) in [5.41, 5.74) is 1.06. The fourth-order valence-corrected chi connectivity index (χ4v) is 5.22. The van der Waals surface area contributed by atoms with Crippen LogP contribution in [0.1, 0.15) is 27.7 Å². The quantitative estimate of drug-likeness (QED) is 0.658. The van der Waals surface area contributed by atoms with Crippen molar-refractivity contribution in [1.29, 1.82) is 0 Å². The third kappa shape index (κ3) is 6.73. The molecule has 0 saturated heterocycles. The summed E-state index contributed by atoms with van der Waals surface area (Å²) in [6.07, 6.45) is 0. The lowest BCUT2D eigenvalue weighted by Gasteiger charge is -2.21. The first kappa shape index (κ1) is 17.3. The Balaban J connectivity index is 5.14. The van der Waals surface area contributed by atoms with E-state index in [1.165, 1.54) is 0 Å². The van der Waals surface area contributed by atoms with Crippen LogP contribution in [0, 0.1) is 0 Å². The van der Waals surface area contributed by atoms with Crippen molar-refractivity contribution in [3.63, 3.8) is 0 Å². The summed E-state index contributed by atoms with van der Waals surface area (Å²) in [6, 6.07) is 0. The molecule has 0 aromatic heterocycles. The van der Waals surface area contributed by atoms with Gasteiger partial charge in [-0.2, -0.15) is 0 Å². The van der Waals surface area contributed by atoms with Crippen LogP contribution in [0.5, 0.6) is 0 Å². The van der Waals surface area contributed by atoms with Crippen LogP contribution < -0.4 is 0 Å². The zero-order chi connectivity index (χ0) is 13.4. The molecule has 6 nitrogen and oxygen atoms in total. The van der Waals surface area contributed by atoms with Gasteiger partial charge in [0, 0.05) is 0 Å². The fourth-order valence-electron chi connectivity index (χ4n) is 1.12. The molecule has 0 rings (SSSR count). The second-order valence-electron chi connectivity index (χ2n) is 2.89. The van der Waals surface area contributed by atoms with Gasteiger partial charge in [-0.05, 0) is 27.7 Å². The van der Waals surface area contributed by atoms with Crippen LogP contribution in [-0.4, -0.2) is 36.9 Å². The average Bonchev–Trinajstić information content (AvgIpc) is 2.17. The summed E-state index contributed by atoms with van der Waals surface area (Å²) in [5, 5.41) is 0. The molecule has 8 heteroatoms. The Bertz CT molecular complexity index is 284. The lowest BCUT2D eigenvalue weighted by Crippen LogP contribution is -2.02. The molecular formula is C9H22O6P2. The molecule has 0 spiro atoms. The standard InChI is InChI=1S/C9H22O6P2/c1-5-12-16(10,13-6-2)9-17(11,14-7-3)15-8-4/h9-10H,5-8H2,1-4H3. The molecule has 0 atom stereocenters. The van der Waals surface area contributed by atoms with Gasteiger partial charge < -0.3 is 23.0 Å². The third-order valence-corrected chi connectivity index (χ3v) is 6.32. The predicted octanol–water partition coefficient (Wildman–Crippen LogP) is 2.84. The Morgan fingerprint density at radius 1 is 0.882 bits per heavy atom. The summed E-state index contributed by atoms with van der Waals surface area (Å²) in [4.78, 5) is 10.1. The zero-order valence-electron chi connectivity index (χ0n) is 10.8. The monoisotopic (exact) mass is 288 g/mol. The molecule has 0 fully saturated rings. The second kappa shape index (κ2) is 8.44. The van der Waals surface area contributed by atoms with Gasteiger partial charge in [0.2, 0.25) is 0 Å². The lowest BCUT2D eigenvalue weighted by atomic mass is 10.9. The maximum atomic E-state index is 12.2. The minimum atomic E-state index is -3.48. The van der Waals surface area contributed by atoms with Crippen molar-refractivity contribution in [2.45, 2.75) is 27.7 Å². The van der Waals surface area contributed by atoms with Crippen molar-refractivity contribution in [2.24, 2.45) is 0 Å². The van der Waals surface area contributed by atoms with Crippen LogP contribution in [-0.2, 0) is 22.7 Å². The van der Waals surface area contributed by atoms with Crippen LogP contribution in [0.3, 0.4) is 0 Å². The molecule has 0 bridgehead atoms. The van der Waals surface area contributed by atoms with Crippen molar-refractivity contribution < 1.29 is 27.6 Å². The maximum absolute atomic E-state index is 12.2. The van der Waals surface area contributed by atoms with Gasteiger partial charge in [-0.3, -0.25) is 4.57 Å². The minimum Gasteiger partial charge on any atom is -0.332 e. The molecule has 0 radical (unpaired) electrons. The van der Waals surface area contributed by atoms with Crippen LogP contribution >= 0.6 is 15.2 Å². The fraction of sp³-hybridized carbons (Fsp3) is 0.889. The number of hydrogen-bond donors (Lipinski definition) is 1. The minimum absolute atomic E-state index is 0.214. The van der Waals surface area contributed by atoms with Crippen molar-refractivity contribution >= 4 is 20.7 Å². The van der Waals surface area contributed by atoms with Crippen LogP contribution in [0.4, 0.5) is 0 Å². The third-order valence-electron chi connectivity index (χ3n) is 1.53. The Labute approximate surface area is 103 Å². The highest BCUT2D eigenvalue weighted by Crippen LogP contribution is 2.56. The molecule has 0 aliphatic heterocycles. The molecule has 0 aliphatic rings. The molecule has 0 aromatic rings. The molecule has 0 aliphatic carbocycles. The van der Waals surface area contributed by atoms with Crippen LogP contribution in [0.25, 0.3) is 0 Å². The van der Waals surface area contributed by atoms with Crippen molar-refractivity contribution in [3.05, 3.63) is 0 Å². The normalized spacial score (nSPS) is 12.8. The second-order valence-corrected chi connectivity index (χ2v) is 7.05. The summed E-state index contributed by atoms with van der Waals surface area (Å²) >= 11 is 0. The van der Waals surface area contributed by atoms with Crippen molar-refractivity contribution in [1.82, 2.24) is 0 Å². The molecule has 0 amide bonds. The first-order valence-electron chi connectivity index (χ1n) is 5.61. The van der Waals surface area contributed by atoms with Gasteiger partial charge in [0.25, 0.3) is 7.57 Å². The Kier molecular flexibility index (Phi) is 8.60. The molecule has 0 saturated carbocycles. The van der Waals surface area contributed by atoms with Gasteiger partial charge in [0.05, 0.1) is 26.4 Å². The molecule has 1 N–H and O–H groups in total. The molecular weight excluding hydrogens is 266 g/mol. The van der Waals surface area contributed by atoms with E-state index in [1.54, 1.807) is 27.7 Å². The van der Waals surface area contributed by atoms with Gasteiger partial charge >= 0.3 is 7.60 Å². The predicted molar refractivity (Wildman–Crippen MR) is 69.3 cm³/mol. The van der Waals surface area contributed by atoms with Crippen molar-refractivity contribution in [2.75, 3.05) is 26.4 Å². The lowest BCUT2D eigenvalue weighted by molar-refractivity contribution is 0.209. The largest absolute Gasteiger partial charge is 0.361 e. The van der Waals surface area contributed by atoms with Crippen LogP contribution in [0.2, 0.25) is 0 Å². The van der Waals surface area contributed by atoms with Gasteiger partial charge in [-0.1, -0.05) is 0 Å². The van der Waals surface area contributed by atoms with E-state index >= 15 is 0 Å². The van der Waals surface area contributed by atoms with E-state index in [0.717, 1.165) is 5.54 Å². The number of hydrogen-bond acceptors (Lipinski definition) is 6. The maximum Gasteiger partial charge on any atom is 0.361 e. The SMILES string of the molecule is CCOP(=O)(C=P(O)(OCC)OCC)OCC. The highest BCUT2D eigenvalue weighted by Gasteiger charge is 2.28. The summed E-state index contributed by atoms with van der Waals surface area (Å²) in [7, 11) is -6.76. The Morgan fingerprint density at radius 3 is 1.53 bits per heavy atom. The topological polar surface area (TPSA) is 74.2 Å². The van der Waals surface area contributed by atoms with E-state index < -0.39 is 15.2 Å². The van der Waals surface area contributed by atoms with E-state index in [-0.39, 0.29) is 26.4 Å². The molecule has 104 valence electrons. The Morgan fingerprint density at radius 2 is 1.24 bits per heavy atom. The van der Waals surface area contributed by atoms with Gasteiger partial charge in [0.1, 0.15) is 5.54 Å². The van der Waals surface area contributed by atoms with Gasteiger partial charge in [-0.25, -0.2) is 0 Å². The van der Waals surface area contributed by atoms with E-state index in [9.17, 15) is 9.46 Å². The van der Waals surface area contributed by atoms with E-state index in [0.29, 0.717) is 0 Å². The zero-order valence-corrected chi connectivity index (χ0v) is 12.6. The van der Waals surface area contributed by atoms with E-state index in [2.05, 4.69) is 0 Å². The molecule has 0 aromatic carbocycles. The molecule has 0 unspecified atom stereocenters. The average molecular weight is 288 g/mol. The smallest absolute Gasteiger partial charge is 0.332 e. The van der Waals surface area contributed by atoms with E-state index in [1.807, 2.05) is 0 Å². The highest BCUT2D eigenvalue weighted by molar-refractivity contribution is 7.85. The Hall–Kier alpha value is 0.330. The van der Waals surface area contributed by atoms with Gasteiger partial charge in [-0.15, -0.1) is 0 Å². The summed E-state index contributed by atoms with van der Waals surface area (Å²) in [5.74, 6) is 0.